The zero-order valence-corrected chi connectivity index (χ0v) is 14.6. The van der Waals surface area contributed by atoms with Gasteiger partial charge in [0.2, 0.25) is 5.91 Å². The van der Waals surface area contributed by atoms with E-state index in [0.29, 0.717) is 18.4 Å². The minimum Gasteiger partial charge on any atom is -0.493 e. The molecule has 1 N–H and O–H groups in total. The summed E-state index contributed by atoms with van der Waals surface area (Å²) in [4.78, 5) is 14.8. The molecule has 0 spiro atoms. The average molecular weight is 331 g/mol. The second-order valence-electron chi connectivity index (χ2n) is 7.43. The standard InChI is InChI=1S/C20H29NO3/c1-15-4-2-6-19(12-15)24-14-16-5-3-11-21(13-16)20(23)17-7-9-18(22)10-8-17/h2,4,6,12,16-18,22H,3,5,7-11,13-14H2,1H3/t16-,17?,18?/m0/s1. The summed E-state index contributed by atoms with van der Waals surface area (Å²) in [6.45, 7) is 4.42. The normalized spacial score (nSPS) is 27.8. The number of aliphatic hydroxyl groups excluding tert-OH is 1. The van der Waals surface area contributed by atoms with Gasteiger partial charge < -0.3 is 14.7 Å². The summed E-state index contributed by atoms with van der Waals surface area (Å²) in [6, 6.07) is 8.12. The fourth-order valence-electron chi connectivity index (χ4n) is 3.90. The van der Waals surface area contributed by atoms with Crippen LogP contribution < -0.4 is 4.74 Å². The first-order valence-corrected chi connectivity index (χ1v) is 9.28. The first kappa shape index (κ1) is 17.3. The molecule has 1 saturated carbocycles. The van der Waals surface area contributed by atoms with Crippen LogP contribution in [-0.4, -0.2) is 41.7 Å². The molecular weight excluding hydrogens is 302 g/mol. The van der Waals surface area contributed by atoms with Crippen LogP contribution in [0, 0.1) is 18.8 Å². The Balaban J connectivity index is 1.49. The fourth-order valence-corrected chi connectivity index (χ4v) is 3.90. The van der Waals surface area contributed by atoms with Crippen LogP contribution in [-0.2, 0) is 4.79 Å². The number of aliphatic hydroxyl groups is 1. The number of aryl methyl sites for hydroxylation is 1. The summed E-state index contributed by atoms with van der Waals surface area (Å²) in [6.07, 6.45) is 5.18. The molecule has 1 aliphatic heterocycles. The highest BCUT2D eigenvalue weighted by Crippen LogP contribution is 2.28. The molecule has 0 aromatic heterocycles. The van der Waals surface area contributed by atoms with Crippen molar-refractivity contribution in [3.05, 3.63) is 29.8 Å². The van der Waals surface area contributed by atoms with Crippen LogP contribution in [0.3, 0.4) is 0 Å². The molecule has 0 unspecified atom stereocenters. The van der Waals surface area contributed by atoms with Gasteiger partial charge in [0, 0.05) is 24.9 Å². The van der Waals surface area contributed by atoms with E-state index < -0.39 is 0 Å². The van der Waals surface area contributed by atoms with Crippen LogP contribution in [0.2, 0.25) is 0 Å². The van der Waals surface area contributed by atoms with E-state index in [9.17, 15) is 9.90 Å². The van der Waals surface area contributed by atoms with E-state index in [1.54, 1.807) is 0 Å². The molecule has 1 aromatic rings. The Bertz CT molecular complexity index is 552. The Hall–Kier alpha value is -1.55. The van der Waals surface area contributed by atoms with Gasteiger partial charge in [-0.2, -0.15) is 0 Å². The monoisotopic (exact) mass is 331 g/mol. The van der Waals surface area contributed by atoms with Crippen molar-refractivity contribution in [2.75, 3.05) is 19.7 Å². The topological polar surface area (TPSA) is 49.8 Å². The number of amides is 1. The van der Waals surface area contributed by atoms with Gasteiger partial charge in [0.15, 0.2) is 0 Å². The van der Waals surface area contributed by atoms with Gasteiger partial charge in [-0.1, -0.05) is 12.1 Å². The lowest BCUT2D eigenvalue weighted by Crippen LogP contribution is -2.45. The predicted octanol–water partition coefficient (Wildman–Crippen LogP) is 3.16. The zero-order valence-electron chi connectivity index (χ0n) is 14.6. The second kappa shape index (κ2) is 8.02. The number of hydrogen-bond acceptors (Lipinski definition) is 3. The lowest BCUT2D eigenvalue weighted by atomic mass is 9.85. The molecule has 1 aliphatic carbocycles. The molecule has 24 heavy (non-hydrogen) atoms. The van der Waals surface area contributed by atoms with Gasteiger partial charge in [-0.05, 0) is 63.1 Å². The molecule has 3 rings (SSSR count). The number of carbonyl (C=O) groups is 1. The second-order valence-corrected chi connectivity index (χ2v) is 7.43. The van der Waals surface area contributed by atoms with E-state index in [1.807, 2.05) is 17.0 Å². The summed E-state index contributed by atoms with van der Waals surface area (Å²) >= 11 is 0. The van der Waals surface area contributed by atoms with E-state index in [2.05, 4.69) is 19.1 Å². The third-order valence-corrected chi connectivity index (χ3v) is 5.35. The molecule has 1 saturated heterocycles. The molecule has 0 radical (unpaired) electrons. The van der Waals surface area contributed by atoms with Crippen molar-refractivity contribution >= 4 is 5.91 Å². The van der Waals surface area contributed by atoms with E-state index >= 15 is 0 Å². The Morgan fingerprint density at radius 3 is 2.79 bits per heavy atom. The number of nitrogens with zero attached hydrogens (tertiary/aromatic N) is 1. The van der Waals surface area contributed by atoms with Crippen LogP contribution in [0.4, 0.5) is 0 Å². The fraction of sp³-hybridized carbons (Fsp3) is 0.650. The van der Waals surface area contributed by atoms with Gasteiger partial charge >= 0.3 is 0 Å². The highest BCUT2D eigenvalue weighted by atomic mass is 16.5. The molecular formula is C20H29NO3. The van der Waals surface area contributed by atoms with Gasteiger partial charge in [0.25, 0.3) is 0 Å². The van der Waals surface area contributed by atoms with Crippen LogP contribution in [0.15, 0.2) is 24.3 Å². The number of hydrogen-bond donors (Lipinski definition) is 1. The quantitative estimate of drug-likeness (QED) is 0.922. The van der Waals surface area contributed by atoms with Gasteiger partial charge in [-0.25, -0.2) is 0 Å². The molecule has 2 aliphatic rings. The van der Waals surface area contributed by atoms with Crippen molar-refractivity contribution in [3.63, 3.8) is 0 Å². The summed E-state index contributed by atoms with van der Waals surface area (Å²) in [5.41, 5.74) is 1.20. The molecule has 1 atom stereocenters. The first-order valence-electron chi connectivity index (χ1n) is 9.28. The average Bonchev–Trinajstić information content (AvgIpc) is 2.60. The first-order chi connectivity index (χ1) is 11.6. The third kappa shape index (κ3) is 4.50. The van der Waals surface area contributed by atoms with Crippen LogP contribution in [0.1, 0.15) is 44.1 Å². The van der Waals surface area contributed by atoms with Crippen molar-refractivity contribution < 1.29 is 14.6 Å². The van der Waals surface area contributed by atoms with Gasteiger partial charge in [-0.3, -0.25) is 4.79 Å². The Kier molecular flexibility index (Phi) is 5.77. The van der Waals surface area contributed by atoms with Gasteiger partial charge in [-0.15, -0.1) is 0 Å². The Labute approximate surface area is 144 Å². The summed E-state index contributed by atoms with van der Waals surface area (Å²) in [5.74, 6) is 1.74. The predicted molar refractivity (Wildman–Crippen MR) is 93.9 cm³/mol. The summed E-state index contributed by atoms with van der Waals surface area (Å²) in [5, 5.41) is 9.62. The lowest BCUT2D eigenvalue weighted by molar-refractivity contribution is -0.139. The minimum atomic E-state index is -0.203. The smallest absolute Gasteiger partial charge is 0.225 e. The number of likely N-dealkylation sites (tertiary alicyclic amines) is 1. The number of rotatable bonds is 4. The maximum atomic E-state index is 12.7. The van der Waals surface area contributed by atoms with Crippen LogP contribution in [0.25, 0.3) is 0 Å². The number of carbonyl (C=O) groups excluding carboxylic acids is 1. The molecule has 1 heterocycles. The number of benzene rings is 1. The van der Waals surface area contributed by atoms with Crippen molar-refractivity contribution in [2.45, 2.75) is 51.6 Å². The Morgan fingerprint density at radius 1 is 1.25 bits per heavy atom. The molecule has 0 bridgehead atoms. The number of ether oxygens (including phenoxy) is 1. The van der Waals surface area contributed by atoms with Crippen LogP contribution >= 0.6 is 0 Å². The Morgan fingerprint density at radius 2 is 2.04 bits per heavy atom. The summed E-state index contributed by atoms with van der Waals surface area (Å²) in [7, 11) is 0. The largest absolute Gasteiger partial charge is 0.493 e. The molecule has 1 aromatic carbocycles. The van der Waals surface area contributed by atoms with Crippen LogP contribution in [0.5, 0.6) is 5.75 Å². The molecule has 132 valence electrons. The van der Waals surface area contributed by atoms with E-state index in [-0.39, 0.29) is 12.0 Å². The van der Waals surface area contributed by atoms with E-state index in [0.717, 1.165) is 57.4 Å². The highest BCUT2D eigenvalue weighted by molar-refractivity contribution is 5.79. The van der Waals surface area contributed by atoms with Crippen molar-refractivity contribution in [1.82, 2.24) is 4.90 Å². The number of piperidine rings is 1. The van der Waals surface area contributed by atoms with Gasteiger partial charge in [0.1, 0.15) is 5.75 Å². The molecule has 4 heteroatoms. The third-order valence-electron chi connectivity index (χ3n) is 5.35. The van der Waals surface area contributed by atoms with E-state index in [4.69, 9.17) is 4.74 Å². The molecule has 1 amide bonds. The maximum Gasteiger partial charge on any atom is 0.225 e. The maximum absolute atomic E-state index is 12.7. The SMILES string of the molecule is Cc1cccc(OC[C@H]2CCCN(C(=O)C3CCC(O)CC3)C2)c1. The minimum absolute atomic E-state index is 0.116. The van der Waals surface area contributed by atoms with Crippen molar-refractivity contribution in [2.24, 2.45) is 11.8 Å². The summed E-state index contributed by atoms with van der Waals surface area (Å²) < 4.78 is 5.94. The lowest BCUT2D eigenvalue weighted by Gasteiger charge is -2.36. The highest BCUT2D eigenvalue weighted by Gasteiger charge is 2.31. The zero-order chi connectivity index (χ0) is 16.9. The van der Waals surface area contributed by atoms with Gasteiger partial charge in [0.05, 0.1) is 12.7 Å². The van der Waals surface area contributed by atoms with E-state index in [1.165, 1.54) is 5.56 Å². The van der Waals surface area contributed by atoms with Crippen molar-refractivity contribution in [3.8, 4) is 5.75 Å². The molecule has 4 nitrogen and oxygen atoms in total. The van der Waals surface area contributed by atoms with Crippen molar-refractivity contribution in [1.29, 1.82) is 0 Å². The molecule has 2 fully saturated rings.